The maximum absolute atomic E-state index is 12.6. The summed E-state index contributed by atoms with van der Waals surface area (Å²) in [7, 11) is 0. The molecule has 2 aliphatic heterocycles. The van der Waals surface area contributed by atoms with Gasteiger partial charge in [-0.25, -0.2) is 0 Å². The van der Waals surface area contributed by atoms with Crippen LogP contribution in [0.2, 0.25) is 0 Å². The van der Waals surface area contributed by atoms with Crippen molar-refractivity contribution in [2.45, 2.75) is 51.0 Å². The third kappa shape index (κ3) is 3.78. The number of nitrogens with zero attached hydrogens (tertiary/aromatic N) is 2. The molecule has 1 N–H and O–H groups in total. The van der Waals surface area contributed by atoms with E-state index in [4.69, 9.17) is 0 Å². The number of carbonyl (C=O) groups excluding carboxylic acids is 2. The van der Waals surface area contributed by atoms with Crippen LogP contribution in [0.25, 0.3) is 0 Å². The molecule has 1 saturated heterocycles. The van der Waals surface area contributed by atoms with Gasteiger partial charge in [0.1, 0.15) is 0 Å². The first-order valence-corrected chi connectivity index (χ1v) is 10.1. The SMILES string of the molecule is O=C1Nc2ccccc2CC1CCC(=O)N1CCN(C2CCCC2)CC1. The Kier molecular flexibility index (Phi) is 5.25. The molecule has 0 aromatic heterocycles. The van der Waals surface area contributed by atoms with E-state index in [2.05, 4.69) is 16.3 Å². The number of para-hydroxylation sites is 1. The Morgan fingerprint density at radius 1 is 1.08 bits per heavy atom. The number of hydrogen-bond donors (Lipinski definition) is 1. The van der Waals surface area contributed by atoms with Crippen molar-refractivity contribution in [1.29, 1.82) is 0 Å². The van der Waals surface area contributed by atoms with Crippen LogP contribution in [0.15, 0.2) is 24.3 Å². The molecule has 3 aliphatic rings. The van der Waals surface area contributed by atoms with Gasteiger partial charge in [0.25, 0.3) is 0 Å². The predicted octanol–water partition coefficient (Wildman–Crippen LogP) is 2.66. The summed E-state index contributed by atoms with van der Waals surface area (Å²) < 4.78 is 0. The van der Waals surface area contributed by atoms with Crippen LogP contribution in [0, 0.1) is 5.92 Å². The monoisotopic (exact) mass is 355 g/mol. The zero-order valence-electron chi connectivity index (χ0n) is 15.5. The second-order valence-electron chi connectivity index (χ2n) is 7.94. The maximum Gasteiger partial charge on any atom is 0.227 e. The van der Waals surface area contributed by atoms with Crippen LogP contribution in [0.4, 0.5) is 5.69 Å². The molecule has 2 fully saturated rings. The lowest BCUT2D eigenvalue weighted by Gasteiger charge is -2.38. The van der Waals surface area contributed by atoms with Gasteiger partial charge in [0, 0.05) is 50.2 Å². The molecular weight excluding hydrogens is 326 g/mol. The molecule has 4 rings (SSSR count). The number of nitrogens with one attached hydrogen (secondary N) is 1. The Hall–Kier alpha value is -1.88. The molecule has 5 nitrogen and oxygen atoms in total. The lowest BCUT2D eigenvalue weighted by molar-refractivity contribution is -0.133. The van der Waals surface area contributed by atoms with E-state index in [9.17, 15) is 9.59 Å². The van der Waals surface area contributed by atoms with Crippen molar-refractivity contribution in [2.24, 2.45) is 5.92 Å². The molecule has 26 heavy (non-hydrogen) atoms. The second kappa shape index (κ2) is 7.78. The van der Waals surface area contributed by atoms with Gasteiger partial charge in [-0.3, -0.25) is 14.5 Å². The van der Waals surface area contributed by atoms with E-state index in [0.717, 1.165) is 44.3 Å². The van der Waals surface area contributed by atoms with Gasteiger partial charge >= 0.3 is 0 Å². The number of anilines is 1. The van der Waals surface area contributed by atoms with E-state index in [1.807, 2.05) is 23.1 Å². The Morgan fingerprint density at radius 3 is 2.58 bits per heavy atom. The van der Waals surface area contributed by atoms with Gasteiger partial charge in [0.05, 0.1) is 0 Å². The van der Waals surface area contributed by atoms with Crippen LogP contribution in [0.3, 0.4) is 0 Å². The normalized spacial score (nSPS) is 24.4. The van der Waals surface area contributed by atoms with Gasteiger partial charge in [0.2, 0.25) is 11.8 Å². The van der Waals surface area contributed by atoms with E-state index in [1.54, 1.807) is 0 Å². The average Bonchev–Trinajstić information content (AvgIpc) is 3.21. The predicted molar refractivity (Wildman–Crippen MR) is 102 cm³/mol. The molecule has 5 heteroatoms. The van der Waals surface area contributed by atoms with Crippen molar-refractivity contribution in [3.8, 4) is 0 Å². The van der Waals surface area contributed by atoms with Gasteiger partial charge in [-0.05, 0) is 37.3 Å². The van der Waals surface area contributed by atoms with Crippen molar-refractivity contribution in [3.63, 3.8) is 0 Å². The highest BCUT2D eigenvalue weighted by atomic mass is 16.2. The maximum atomic E-state index is 12.6. The van der Waals surface area contributed by atoms with Gasteiger partial charge in [-0.2, -0.15) is 0 Å². The van der Waals surface area contributed by atoms with Crippen LogP contribution in [-0.2, 0) is 16.0 Å². The molecule has 0 bridgehead atoms. The first-order chi connectivity index (χ1) is 12.7. The lowest BCUT2D eigenvalue weighted by Crippen LogP contribution is -2.51. The summed E-state index contributed by atoms with van der Waals surface area (Å²) in [5.41, 5.74) is 2.10. The fourth-order valence-electron chi connectivity index (χ4n) is 4.71. The van der Waals surface area contributed by atoms with Crippen LogP contribution in [-0.4, -0.2) is 53.8 Å². The molecule has 2 amide bonds. The van der Waals surface area contributed by atoms with E-state index >= 15 is 0 Å². The van der Waals surface area contributed by atoms with Gasteiger partial charge < -0.3 is 10.2 Å². The molecule has 0 radical (unpaired) electrons. The standard InChI is InChI=1S/C21H29N3O2/c25-20(24-13-11-23(12-14-24)18-6-2-3-7-18)10-9-17-15-16-5-1-4-8-19(16)22-21(17)26/h1,4-5,8,17-18H,2-3,6-7,9-15H2,(H,22,26). The highest BCUT2D eigenvalue weighted by molar-refractivity contribution is 5.96. The number of benzene rings is 1. The molecule has 0 spiro atoms. The summed E-state index contributed by atoms with van der Waals surface area (Å²) in [4.78, 5) is 29.5. The van der Waals surface area contributed by atoms with Crippen molar-refractivity contribution >= 4 is 17.5 Å². The highest BCUT2D eigenvalue weighted by Gasteiger charge is 2.30. The highest BCUT2D eigenvalue weighted by Crippen LogP contribution is 2.28. The fourth-order valence-corrected chi connectivity index (χ4v) is 4.71. The van der Waals surface area contributed by atoms with E-state index in [0.29, 0.717) is 12.8 Å². The van der Waals surface area contributed by atoms with E-state index < -0.39 is 0 Å². The summed E-state index contributed by atoms with van der Waals surface area (Å²) in [6.07, 6.45) is 7.22. The number of fused-ring (bicyclic) bond motifs is 1. The minimum Gasteiger partial charge on any atom is -0.340 e. The van der Waals surface area contributed by atoms with Gasteiger partial charge in [-0.15, -0.1) is 0 Å². The van der Waals surface area contributed by atoms with E-state index in [-0.39, 0.29) is 17.7 Å². The second-order valence-corrected chi connectivity index (χ2v) is 7.94. The Bertz CT molecular complexity index is 661. The summed E-state index contributed by atoms with van der Waals surface area (Å²) in [6, 6.07) is 8.69. The molecule has 1 atom stereocenters. The van der Waals surface area contributed by atoms with Crippen LogP contribution in [0.1, 0.15) is 44.1 Å². The Labute approximate surface area is 155 Å². The molecule has 1 unspecified atom stereocenters. The summed E-state index contributed by atoms with van der Waals surface area (Å²) in [5, 5.41) is 2.98. The quantitative estimate of drug-likeness (QED) is 0.903. The Balaban J connectivity index is 1.25. The minimum absolute atomic E-state index is 0.0579. The smallest absolute Gasteiger partial charge is 0.227 e. The topological polar surface area (TPSA) is 52.7 Å². The van der Waals surface area contributed by atoms with Crippen molar-refractivity contribution < 1.29 is 9.59 Å². The summed E-state index contributed by atoms with van der Waals surface area (Å²) in [6.45, 7) is 3.70. The van der Waals surface area contributed by atoms with Crippen LogP contribution in [0.5, 0.6) is 0 Å². The van der Waals surface area contributed by atoms with Crippen LogP contribution >= 0.6 is 0 Å². The molecule has 1 saturated carbocycles. The number of piperazine rings is 1. The number of hydrogen-bond acceptors (Lipinski definition) is 3. The third-order valence-corrected chi connectivity index (χ3v) is 6.33. The zero-order valence-corrected chi connectivity index (χ0v) is 15.5. The summed E-state index contributed by atoms with van der Waals surface area (Å²) >= 11 is 0. The number of rotatable bonds is 4. The molecule has 1 aliphatic carbocycles. The average molecular weight is 355 g/mol. The first-order valence-electron chi connectivity index (χ1n) is 10.1. The van der Waals surface area contributed by atoms with E-state index in [1.165, 1.54) is 31.2 Å². The molecule has 1 aromatic carbocycles. The van der Waals surface area contributed by atoms with Gasteiger partial charge in [-0.1, -0.05) is 31.0 Å². The fraction of sp³-hybridized carbons (Fsp3) is 0.619. The molecule has 1 aromatic rings. The lowest BCUT2D eigenvalue weighted by atomic mass is 9.89. The minimum atomic E-state index is -0.0892. The molecular formula is C21H29N3O2. The molecule has 2 heterocycles. The van der Waals surface area contributed by atoms with Crippen molar-refractivity contribution in [1.82, 2.24) is 9.80 Å². The Morgan fingerprint density at radius 2 is 1.81 bits per heavy atom. The van der Waals surface area contributed by atoms with Crippen LogP contribution < -0.4 is 5.32 Å². The van der Waals surface area contributed by atoms with Gasteiger partial charge in [0.15, 0.2) is 0 Å². The third-order valence-electron chi connectivity index (χ3n) is 6.33. The number of carbonyl (C=O) groups is 2. The molecule has 140 valence electrons. The first kappa shape index (κ1) is 17.5. The van der Waals surface area contributed by atoms with Crippen molar-refractivity contribution in [2.75, 3.05) is 31.5 Å². The number of amides is 2. The largest absolute Gasteiger partial charge is 0.340 e. The van der Waals surface area contributed by atoms with Crippen molar-refractivity contribution in [3.05, 3.63) is 29.8 Å². The summed E-state index contributed by atoms with van der Waals surface area (Å²) in [5.74, 6) is 0.180. The zero-order chi connectivity index (χ0) is 17.9.